The molecule has 2 aromatic carbocycles. The summed E-state index contributed by atoms with van der Waals surface area (Å²) in [6.45, 7) is 3.64. The SMILES string of the molecule is Cc1ccc(S(=O)(=O)N2[C@H](C)[C@H](c3ccccc3)O[C@@H]2[C@@H]2O[C@H]2C(=O)O)cc1. The van der Waals surface area contributed by atoms with Gasteiger partial charge in [0.15, 0.2) is 12.3 Å². The van der Waals surface area contributed by atoms with Crippen molar-refractivity contribution in [2.24, 2.45) is 0 Å². The van der Waals surface area contributed by atoms with Crippen LogP contribution < -0.4 is 0 Å². The van der Waals surface area contributed by atoms with Gasteiger partial charge in [-0.3, -0.25) is 0 Å². The maximum Gasteiger partial charge on any atom is 0.335 e. The van der Waals surface area contributed by atoms with Crippen LogP contribution in [-0.4, -0.2) is 48.3 Å². The molecule has 0 aromatic heterocycles. The van der Waals surface area contributed by atoms with Crippen LogP contribution in [0.2, 0.25) is 0 Å². The Hall–Kier alpha value is -2.26. The molecule has 0 radical (unpaired) electrons. The van der Waals surface area contributed by atoms with Gasteiger partial charge in [-0.2, -0.15) is 4.31 Å². The van der Waals surface area contributed by atoms with E-state index in [1.807, 2.05) is 37.3 Å². The first-order chi connectivity index (χ1) is 13.3. The molecule has 0 spiro atoms. The molecule has 2 fully saturated rings. The highest BCUT2D eigenvalue weighted by atomic mass is 32.2. The number of carboxylic acids is 1. The molecular formula is C20H21NO6S. The van der Waals surface area contributed by atoms with Crippen molar-refractivity contribution in [3.05, 3.63) is 65.7 Å². The number of hydrogen-bond acceptors (Lipinski definition) is 5. The summed E-state index contributed by atoms with van der Waals surface area (Å²) in [6, 6.07) is 15.3. The number of rotatable bonds is 5. The highest BCUT2D eigenvalue weighted by Crippen LogP contribution is 2.44. The Labute approximate surface area is 163 Å². The molecule has 7 nitrogen and oxygen atoms in total. The molecule has 28 heavy (non-hydrogen) atoms. The molecule has 148 valence electrons. The Morgan fingerprint density at radius 3 is 2.25 bits per heavy atom. The second-order valence-electron chi connectivity index (χ2n) is 7.11. The second kappa shape index (κ2) is 6.97. The molecule has 2 saturated heterocycles. The molecule has 1 N–H and O–H groups in total. The number of nitrogens with zero attached hydrogens (tertiary/aromatic N) is 1. The molecule has 2 aromatic rings. The van der Waals surface area contributed by atoms with Crippen molar-refractivity contribution in [2.45, 2.75) is 49.3 Å². The normalized spacial score (nSPS) is 30.3. The second-order valence-corrected chi connectivity index (χ2v) is 8.95. The van der Waals surface area contributed by atoms with E-state index in [1.165, 1.54) is 4.31 Å². The van der Waals surface area contributed by atoms with Crippen LogP contribution in [0.1, 0.15) is 24.2 Å². The zero-order valence-electron chi connectivity index (χ0n) is 15.4. The summed E-state index contributed by atoms with van der Waals surface area (Å²) in [6.07, 6.45) is -3.44. The number of aliphatic carboxylic acids is 1. The van der Waals surface area contributed by atoms with Crippen molar-refractivity contribution in [3.63, 3.8) is 0 Å². The molecule has 2 heterocycles. The van der Waals surface area contributed by atoms with Crippen LogP contribution in [0.15, 0.2) is 59.5 Å². The van der Waals surface area contributed by atoms with Crippen molar-refractivity contribution >= 4 is 16.0 Å². The highest BCUT2D eigenvalue weighted by molar-refractivity contribution is 7.89. The monoisotopic (exact) mass is 403 g/mol. The van der Waals surface area contributed by atoms with Gasteiger partial charge >= 0.3 is 5.97 Å². The summed E-state index contributed by atoms with van der Waals surface area (Å²) >= 11 is 0. The predicted molar refractivity (Wildman–Crippen MR) is 100 cm³/mol. The van der Waals surface area contributed by atoms with E-state index in [9.17, 15) is 18.3 Å². The Kier molecular flexibility index (Phi) is 4.75. The smallest absolute Gasteiger partial charge is 0.335 e. The summed E-state index contributed by atoms with van der Waals surface area (Å²) in [5.74, 6) is -1.13. The molecule has 5 atom stereocenters. The summed E-state index contributed by atoms with van der Waals surface area (Å²) < 4.78 is 39.4. The van der Waals surface area contributed by atoms with Crippen LogP contribution in [-0.2, 0) is 24.3 Å². The Bertz CT molecular complexity index is 976. The van der Waals surface area contributed by atoms with Crippen molar-refractivity contribution in [3.8, 4) is 0 Å². The maximum absolute atomic E-state index is 13.4. The quantitative estimate of drug-likeness (QED) is 0.770. The maximum atomic E-state index is 13.4. The van der Waals surface area contributed by atoms with Crippen molar-refractivity contribution < 1.29 is 27.8 Å². The minimum atomic E-state index is -3.91. The summed E-state index contributed by atoms with van der Waals surface area (Å²) in [5, 5.41) is 9.22. The van der Waals surface area contributed by atoms with Crippen LogP contribution in [0, 0.1) is 6.92 Å². The van der Waals surface area contributed by atoms with Gasteiger partial charge in [0.1, 0.15) is 12.2 Å². The number of aryl methyl sites for hydroxylation is 1. The molecule has 2 aliphatic heterocycles. The number of epoxide rings is 1. The van der Waals surface area contributed by atoms with Gasteiger partial charge in [0.25, 0.3) is 0 Å². The van der Waals surface area contributed by atoms with Gasteiger partial charge in [-0.1, -0.05) is 48.0 Å². The number of carboxylic acid groups (broad SMARTS) is 1. The third kappa shape index (κ3) is 3.22. The largest absolute Gasteiger partial charge is 0.479 e. The van der Waals surface area contributed by atoms with E-state index in [1.54, 1.807) is 31.2 Å². The lowest BCUT2D eigenvalue weighted by atomic mass is 10.0. The molecule has 0 unspecified atom stereocenters. The lowest BCUT2D eigenvalue weighted by Crippen LogP contribution is -2.44. The van der Waals surface area contributed by atoms with E-state index in [4.69, 9.17) is 9.47 Å². The van der Waals surface area contributed by atoms with E-state index in [0.717, 1.165) is 11.1 Å². The number of hydrogen-bond donors (Lipinski definition) is 1. The molecular weight excluding hydrogens is 382 g/mol. The first-order valence-corrected chi connectivity index (χ1v) is 10.4. The number of carbonyl (C=O) groups is 1. The lowest BCUT2D eigenvalue weighted by Gasteiger charge is -2.25. The Morgan fingerprint density at radius 1 is 1.04 bits per heavy atom. The first-order valence-electron chi connectivity index (χ1n) is 8.99. The van der Waals surface area contributed by atoms with Gasteiger partial charge in [0, 0.05) is 0 Å². The number of ether oxygens (including phenoxy) is 2. The average molecular weight is 403 g/mol. The summed E-state index contributed by atoms with van der Waals surface area (Å²) in [7, 11) is -3.91. The van der Waals surface area contributed by atoms with Gasteiger partial charge in [-0.25, -0.2) is 13.2 Å². The summed E-state index contributed by atoms with van der Waals surface area (Å²) in [5.41, 5.74) is 1.77. The molecule has 4 rings (SSSR count). The number of sulfonamides is 1. The van der Waals surface area contributed by atoms with Gasteiger partial charge in [0.2, 0.25) is 10.0 Å². The van der Waals surface area contributed by atoms with Gasteiger partial charge in [-0.15, -0.1) is 0 Å². The van der Waals surface area contributed by atoms with E-state index in [2.05, 4.69) is 0 Å². The molecule has 0 bridgehead atoms. The van der Waals surface area contributed by atoms with Crippen LogP contribution in [0.4, 0.5) is 0 Å². The third-order valence-electron chi connectivity index (χ3n) is 5.15. The van der Waals surface area contributed by atoms with Gasteiger partial charge < -0.3 is 14.6 Å². The fourth-order valence-corrected chi connectivity index (χ4v) is 5.35. The lowest BCUT2D eigenvalue weighted by molar-refractivity contribution is -0.138. The number of benzene rings is 2. The molecule has 2 aliphatic rings. The standard InChI is InChI=1S/C20H21NO6S/c1-12-8-10-15(11-9-12)28(24,25)21-13(2)16(14-6-4-3-5-7-14)27-19(21)17-18(26-17)20(22)23/h3-11,13,16-19H,1-2H3,(H,22,23)/t13-,16-,17-,18-,19-/m1/s1. The van der Waals surface area contributed by atoms with Crippen LogP contribution in [0.5, 0.6) is 0 Å². The third-order valence-corrected chi connectivity index (χ3v) is 7.11. The minimum absolute atomic E-state index is 0.139. The van der Waals surface area contributed by atoms with Crippen LogP contribution >= 0.6 is 0 Å². The van der Waals surface area contributed by atoms with Crippen molar-refractivity contribution in [1.82, 2.24) is 4.31 Å². The molecule has 0 amide bonds. The van der Waals surface area contributed by atoms with E-state index in [0.29, 0.717) is 0 Å². The highest BCUT2D eigenvalue weighted by Gasteiger charge is 2.60. The fourth-order valence-electron chi connectivity index (χ4n) is 3.64. The van der Waals surface area contributed by atoms with Crippen molar-refractivity contribution in [1.29, 1.82) is 0 Å². The Balaban J connectivity index is 1.73. The van der Waals surface area contributed by atoms with Gasteiger partial charge in [-0.05, 0) is 31.5 Å². The first kappa shape index (κ1) is 19.1. The van der Waals surface area contributed by atoms with E-state index in [-0.39, 0.29) is 4.90 Å². The summed E-state index contributed by atoms with van der Waals surface area (Å²) in [4.78, 5) is 11.4. The van der Waals surface area contributed by atoms with Gasteiger partial charge in [0.05, 0.1) is 10.9 Å². The zero-order valence-corrected chi connectivity index (χ0v) is 16.2. The van der Waals surface area contributed by atoms with Crippen LogP contribution in [0.25, 0.3) is 0 Å². The minimum Gasteiger partial charge on any atom is -0.479 e. The van der Waals surface area contributed by atoms with E-state index < -0.39 is 46.6 Å². The van der Waals surface area contributed by atoms with E-state index >= 15 is 0 Å². The topological polar surface area (TPSA) is 96.4 Å². The Morgan fingerprint density at radius 2 is 1.68 bits per heavy atom. The van der Waals surface area contributed by atoms with Crippen LogP contribution in [0.3, 0.4) is 0 Å². The molecule has 0 aliphatic carbocycles. The zero-order chi connectivity index (χ0) is 20.1. The fraction of sp³-hybridized carbons (Fsp3) is 0.350. The molecule has 8 heteroatoms. The molecule has 0 saturated carbocycles. The predicted octanol–water partition coefficient (Wildman–Crippen LogP) is 2.32. The average Bonchev–Trinajstić information content (AvgIpc) is 3.39. The van der Waals surface area contributed by atoms with Crippen molar-refractivity contribution in [2.75, 3.05) is 0 Å².